The minimum atomic E-state index is -1.14. The van der Waals surface area contributed by atoms with Gasteiger partial charge in [0.05, 0.1) is 10.5 Å². The van der Waals surface area contributed by atoms with Crippen molar-refractivity contribution < 1.29 is 14.8 Å². The molecule has 0 saturated heterocycles. The number of benzene rings is 1. The second kappa shape index (κ2) is 5.90. The molecule has 108 valence electrons. The fourth-order valence-corrected chi connectivity index (χ4v) is 2.92. The molecular weight excluding hydrogens is 260 g/mol. The number of hydrogen-bond acceptors (Lipinski definition) is 4. The van der Waals surface area contributed by atoms with Crippen molar-refractivity contribution in [1.29, 1.82) is 0 Å². The molecule has 1 aliphatic carbocycles. The van der Waals surface area contributed by atoms with Crippen LogP contribution in [0.25, 0.3) is 0 Å². The molecule has 0 heterocycles. The Morgan fingerprint density at radius 1 is 1.45 bits per heavy atom. The van der Waals surface area contributed by atoms with Gasteiger partial charge in [-0.05, 0) is 24.8 Å². The van der Waals surface area contributed by atoms with Crippen LogP contribution >= 0.6 is 0 Å². The molecule has 6 nitrogen and oxygen atoms in total. The first-order valence-electron chi connectivity index (χ1n) is 6.72. The zero-order valence-corrected chi connectivity index (χ0v) is 11.4. The van der Waals surface area contributed by atoms with Crippen molar-refractivity contribution in [3.63, 3.8) is 0 Å². The summed E-state index contributed by atoms with van der Waals surface area (Å²) in [5.74, 6) is -0.650. The maximum Gasteiger partial charge on any atom is 0.338 e. The van der Waals surface area contributed by atoms with E-state index >= 15 is 0 Å². The van der Waals surface area contributed by atoms with E-state index in [9.17, 15) is 20.0 Å². The van der Waals surface area contributed by atoms with Crippen molar-refractivity contribution in [2.75, 3.05) is 18.5 Å². The number of rotatable bonds is 5. The predicted octanol–water partition coefficient (Wildman–Crippen LogP) is 2.92. The number of aromatic carboxylic acids is 1. The summed E-state index contributed by atoms with van der Waals surface area (Å²) in [5.41, 5.74) is 0.0435. The third kappa shape index (κ3) is 2.89. The smallest absolute Gasteiger partial charge is 0.338 e. The van der Waals surface area contributed by atoms with Gasteiger partial charge in [-0.15, -0.1) is 0 Å². The van der Waals surface area contributed by atoms with E-state index in [1.165, 1.54) is 31.0 Å². The van der Waals surface area contributed by atoms with E-state index in [1.54, 1.807) is 11.9 Å². The molecule has 0 aliphatic heterocycles. The standard InChI is InChI=1S/C14H18N2O4/c1-15(9-10-5-2-3-6-10)13-11(14(17)18)7-4-8-12(13)16(19)20/h4,7-8,10H,2-3,5-6,9H2,1H3,(H,17,18). The fourth-order valence-electron chi connectivity index (χ4n) is 2.92. The van der Waals surface area contributed by atoms with Crippen LogP contribution < -0.4 is 4.90 Å². The highest BCUT2D eigenvalue weighted by molar-refractivity contribution is 5.97. The summed E-state index contributed by atoms with van der Waals surface area (Å²) in [5, 5.41) is 20.4. The Bertz CT molecular complexity index is 492. The Morgan fingerprint density at radius 3 is 2.65 bits per heavy atom. The van der Waals surface area contributed by atoms with E-state index < -0.39 is 10.9 Å². The molecule has 0 amide bonds. The molecule has 1 fully saturated rings. The molecule has 0 aromatic heterocycles. The van der Waals surface area contributed by atoms with Crippen LogP contribution in [0.15, 0.2) is 18.2 Å². The quantitative estimate of drug-likeness (QED) is 0.661. The molecular formula is C14H18N2O4. The van der Waals surface area contributed by atoms with Gasteiger partial charge in [0, 0.05) is 19.7 Å². The van der Waals surface area contributed by atoms with Crippen LogP contribution in [-0.4, -0.2) is 29.6 Å². The molecule has 0 spiro atoms. The van der Waals surface area contributed by atoms with Gasteiger partial charge in [-0.25, -0.2) is 4.79 Å². The summed E-state index contributed by atoms with van der Waals surface area (Å²) in [6.07, 6.45) is 4.57. The monoisotopic (exact) mass is 278 g/mol. The third-order valence-corrected chi connectivity index (χ3v) is 3.83. The van der Waals surface area contributed by atoms with E-state index in [0.717, 1.165) is 12.8 Å². The Kier molecular flexibility index (Phi) is 4.22. The van der Waals surface area contributed by atoms with Gasteiger partial charge in [0.15, 0.2) is 0 Å². The molecule has 1 aromatic carbocycles. The normalized spacial score (nSPS) is 15.2. The molecule has 1 saturated carbocycles. The summed E-state index contributed by atoms with van der Waals surface area (Å²) in [4.78, 5) is 23.6. The summed E-state index contributed by atoms with van der Waals surface area (Å²) in [7, 11) is 1.73. The minimum Gasteiger partial charge on any atom is -0.478 e. The zero-order chi connectivity index (χ0) is 14.7. The number of nitrogens with zero attached hydrogens (tertiary/aromatic N) is 2. The molecule has 0 atom stereocenters. The average molecular weight is 278 g/mol. The van der Waals surface area contributed by atoms with Crippen LogP contribution in [0.5, 0.6) is 0 Å². The lowest BCUT2D eigenvalue weighted by atomic mass is 10.1. The second-order valence-electron chi connectivity index (χ2n) is 5.27. The molecule has 0 unspecified atom stereocenters. The first-order valence-corrected chi connectivity index (χ1v) is 6.72. The third-order valence-electron chi connectivity index (χ3n) is 3.83. The zero-order valence-electron chi connectivity index (χ0n) is 11.4. The van der Waals surface area contributed by atoms with Crippen molar-refractivity contribution in [2.45, 2.75) is 25.7 Å². The lowest BCUT2D eigenvalue weighted by Gasteiger charge is -2.24. The molecule has 0 bridgehead atoms. The van der Waals surface area contributed by atoms with Crippen LogP contribution in [-0.2, 0) is 0 Å². The molecule has 1 N–H and O–H groups in total. The first kappa shape index (κ1) is 14.3. The van der Waals surface area contributed by atoms with Crippen LogP contribution in [0.2, 0.25) is 0 Å². The highest BCUT2D eigenvalue weighted by Gasteiger charge is 2.26. The van der Waals surface area contributed by atoms with Gasteiger partial charge >= 0.3 is 5.97 Å². The van der Waals surface area contributed by atoms with E-state index in [1.807, 2.05) is 0 Å². The lowest BCUT2D eigenvalue weighted by molar-refractivity contribution is -0.384. The predicted molar refractivity (Wildman–Crippen MR) is 75.3 cm³/mol. The second-order valence-corrected chi connectivity index (χ2v) is 5.27. The van der Waals surface area contributed by atoms with Gasteiger partial charge in [0.1, 0.15) is 5.69 Å². The van der Waals surface area contributed by atoms with Gasteiger partial charge in [-0.3, -0.25) is 10.1 Å². The van der Waals surface area contributed by atoms with Gasteiger partial charge in [-0.2, -0.15) is 0 Å². The SMILES string of the molecule is CN(CC1CCCC1)c1c(C(=O)O)cccc1[N+](=O)[O-]. The number of carbonyl (C=O) groups is 1. The van der Waals surface area contributed by atoms with Gasteiger partial charge in [-0.1, -0.05) is 18.9 Å². The largest absolute Gasteiger partial charge is 0.478 e. The summed E-state index contributed by atoms with van der Waals surface area (Å²) >= 11 is 0. The molecule has 6 heteroatoms. The maximum absolute atomic E-state index is 11.3. The average Bonchev–Trinajstić information content (AvgIpc) is 2.90. The Morgan fingerprint density at radius 2 is 2.10 bits per heavy atom. The number of nitro groups is 1. The molecule has 2 rings (SSSR count). The number of hydrogen-bond donors (Lipinski definition) is 1. The maximum atomic E-state index is 11.3. The van der Waals surface area contributed by atoms with Crippen molar-refractivity contribution in [1.82, 2.24) is 0 Å². The molecule has 1 aliphatic rings. The topological polar surface area (TPSA) is 83.7 Å². The van der Waals surface area contributed by atoms with E-state index in [-0.39, 0.29) is 16.9 Å². The summed E-state index contributed by atoms with van der Waals surface area (Å²) in [6, 6.07) is 4.18. The summed E-state index contributed by atoms with van der Waals surface area (Å²) < 4.78 is 0. The van der Waals surface area contributed by atoms with Crippen molar-refractivity contribution in [3.05, 3.63) is 33.9 Å². The fraction of sp³-hybridized carbons (Fsp3) is 0.500. The minimum absolute atomic E-state index is 0.0142. The van der Waals surface area contributed by atoms with Crippen LogP contribution in [0, 0.1) is 16.0 Å². The van der Waals surface area contributed by atoms with Gasteiger partial charge in [0.2, 0.25) is 0 Å². The van der Waals surface area contributed by atoms with Gasteiger partial charge in [0.25, 0.3) is 5.69 Å². The molecule has 1 aromatic rings. The van der Waals surface area contributed by atoms with Crippen molar-refractivity contribution >= 4 is 17.3 Å². The van der Waals surface area contributed by atoms with Crippen molar-refractivity contribution in [3.8, 4) is 0 Å². The van der Waals surface area contributed by atoms with E-state index in [4.69, 9.17) is 0 Å². The van der Waals surface area contributed by atoms with Gasteiger partial charge < -0.3 is 10.0 Å². The number of carboxylic acid groups (broad SMARTS) is 1. The van der Waals surface area contributed by atoms with E-state index in [2.05, 4.69) is 0 Å². The molecule has 20 heavy (non-hydrogen) atoms. The summed E-state index contributed by atoms with van der Waals surface area (Å²) in [6.45, 7) is 0.658. The highest BCUT2D eigenvalue weighted by Crippen LogP contribution is 2.34. The number of anilines is 1. The van der Waals surface area contributed by atoms with E-state index in [0.29, 0.717) is 12.5 Å². The number of carboxylic acids is 1. The molecule has 0 radical (unpaired) electrons. The Hall–Kier alpha value is -2.11. The first-order chi connectivity index (χ1) is 9.50. The van der Waals surface area contributed by atoms with Crippen molar-refractivity contribution in [2.24, 2.45) is 5.92 Å². The Balaban J connectivity index is 2.35. The Labute approximate surface area is 117 Å². The van der Waals surface area contributed by atoms with Crippen LogP contribution in [0.3, 0.4) is 0 Å². The highest BCUT2D eigenvalue weighted by atomic mass is 16.6. The number of nitro benzene ring substituents is 1. The number of para-hydroxylation sites is 1. The van der Waals surface area contributed by atoms with Crippen LogP contribution in [0.1, 0.15) is 36.0 Å². The van der Waals surface area contributed by atoms with Crippen LogP contribution in [0.4, 0.5) is 11.4 Å². The lowest BCUT2D eigenvalue weighted by Crippen LogP contribution is -2.26.